The summed E-state index contributed by atoms with van der Waals surface area (Å²) in [5, 5.41) is 20.2. The van der Waals surface area contributed by atoms with Crippen molar-refractivity contribution in [1.82, 2.24) is 4.98 Å². The molecule has 1 atom stereocenters. The van der Waals surface area contributed by atoms with Crippen LogP contribution < -0.4 is 0 Å². The van der Waals surface area contributed by atoms with E-state index in [1.54, 1.807) is 19.1 Å². The highest BCUT2D eigenvalue weighted by molar-refractivity contribution is 5.73. The zero-order valence-corrected chi connectivity index (χ0v) is 16.9. The van der Waals surface area contributed by atoms with Crippen LogP contribution in [0.1, 0.15) is 75.4 Å². The minimum atomic E-state index is -0.497. The molecule has 2 aromatic rings. The van der Waals surface area contributed by atoms with E-state index in [0.717, 1.165) is 59.3 Å². The maximum absolute atomic E-state index is 13.5. The molecule has 1 unspecified atom stereocenters. The Morgan fingerprint density at radius 1 is 1.04 bits per heavy atom. The van der Waals surface area contributed by atoms with Crippen molar-refractivity contribution in [3.63, 3.8) is 0 Å². The predicted octanol–water partition coefficient (Wildman–Crippen LogP) is 5.16. The van der Waals surface area contributed by atoms with E-state index in [9.17, 15) is 14.6 Å². The fourth-order valence-corrected chi connectivity index (χ4v) is 3.61. The van der Waals surface area contributed by atoms with Crippen LogP contribution in [0.3, 0.4) is 0 Å². The predicted molar refractivity (Wildman–Crippen MR) is 108 cm³/mol. The summed E-state index contributed by atoms with van der Waals surface area (Å²) in [6, 6.07) is 6.44. The lowest BCUT2D eigenvalue weighted by molar-refractivity contribution is 0.193. The number of rotatable bonds is 9. The minimum Gasteiger partial charge on any atom is -0.393 e. The van der Waals surface area contributed by atoms with Crippen molar-refractivity contribution in [2.75, 3.05) is 0 Å². The first-order valence-electron chi connectivity index (χ1n) is 9.98. The highest BCUT2D eigenvalue weighted by Crippen LogP contribution is 2.35. The molecule has 1 aromatic heterocycles. The van der Waals surface area contributed by atoms with Gasteiger partial charge < -0.3 is 10.2 Å². The van der Waals surface area contributed by atoms with Crippen molar-refractivity contribution in [3.8, 4) is 11.1 Å². The van der Waals surface area contributed by atoms with Gasteiger partial charge >= 0.3 is 0 Å². The molecule has 148 valence electrons. The average Bonchev–Trinajstić information content (AvgIpc) is 2.62. The highest BCUT2D eigenvalue weighted by Gasteiger charge is 2.22. The monoisotopic (exact) mass is 373 g/mol. The van der Waals surface area contributed by atoms with Crippen molar-refractivity contribution in [1.29, 1.82) is 0 Å². The van der Waals surface area contributed by atoms with Crippen LogP contribution in [0, 0.1) is 5.82 Å². The molecule has 4 heteroatoms. The third-order valence-electron chi connectivity index (χ3n) is 4.87. The molecule has 1 aromatic carbocycles. The first-order valence-corrected chi connectivity index (χ1v) is 9.98. The Bertz CT molecular complexity index is 739. The third-order valence-corrected chi connectivity index (χ3v) is 4.87. The van der Waals surface area contributed by atoms with E-state index in [-0.39, 0.29) is 18.3 Å². The third kappa shape index (κ3) is 5.36. The number of pyridine rings is 1. The Morgan fingerprint density at radius 2 is 1.70 bits per heavy atom. The van der Waals surface area contributed by atoms with Gasteiger partial charge in [0, 0.05) is 23.4 Å². The number of hydrogen-bond donors (Lipinski definition) is 2. The molecule has 0 aliphatic heterocycles. The first kappa shape index (κ1) is 21.5. The van der Waals surface area contributed by atoms with Gasteiger partial charge in [-0.15, -0.1) is 0 Å². The zero-order valence-electron chi connectivity index (χ0n) is 16.9. The normalized spacial score (nSPS) is 12.6. The van der Waals surface area contributed by atoms with Crippen LogP contribution in [0.25, 0.3) is 11.1 Å². The van der Waals surface area contributed by atoms with E-state index in [2.05, 4.69) is 20.8 Å². The lowest BCUT2D eigenvalue weighted by Gasteiger charge is -2.23. The molecule has 0 fully saturated rings. The minimum absolute atomic E-state index is 0.108. The lowest BCUT2D eigenvalue weighted by Crippen LogP contribution is -2.15. The van der Waals surface area contributed by atoms with Crippen LogP contribution in [-0.2, 0) is 19.4 Å². The lowest BCUT2D eigenvalue weighted by atomic mass is 9.86. The standard InChI is InChI=1S/C23H32FNO2/c1-5-6-7-8-19-21(13-16(4)27)25-23(15(2)3)20(14-26)22(19)17-9-11-18(24)12-10-17/h9-12,15-16,26-27H,5-8,13-14H2,1-4H3. The Morgan fingerprint density at radius 3 is 2.22 bits per heavy atom. The molecule has 0 amide bonds. The topological polar surface area (TPSA) is 53.4 Å². The molecule has 0 spiro atoms. The number of hydrogen-bond acceptors (Lipinski definition) is 3. The van der Waals surface area contributed by atoms with Gasteiger partial charge in [-0.1, -0.05) is 45.7 Å². The summed E-state index contributed by atoms with van der Waals surface area (Å²) in [7, 11) is 0. The molecule has 0 aliphatic rings. The second-order valence-corrected chi connectivity index (χ2v) is 7.61. The van der Waals surface area contributed by atoms with Crippen LogP contribution in [0.15, 0.2) is 24.3 Å². The Labute approximate surface area is 162 Å². The number of benzene rings is 1. The molecule has 0 aliphatic carbocycles. The molecule has 27 heavy (non-hydrogen) atoms. The maximum atomic E-state index is 13.5. The maximum Gasteiger partial charge on any atom is 0.123 e. The summed E-state index contributed by atoms with van der Waals surface area (Å²) in [6.07, 6.45) is 4.05. The van der Waals surface area contributed by atoms with Crippen LogP contribution in [0.5, 0.6) is 0 Å². The second kappa shape index (κ2) is 9.95. The number of aromatic nitrogens is 1. The summed E-state index contributed by atoms with van der Waals surface area (Å²) in [4.78, 5) is 4.87. The van der Waals surface area contributed by atoms with Crippen molar-refractivity contribution < 1.29 is 14.6 Å². The van der Waals surface area contributed by atoms with Crippen LogP contribution in [-0.4, -0.2) is 21.3 Å². The summed E-state index contributed by atoms with van der Waals surface area (Å²) in [5.41, 5.74) is 5.49. The molecular formula is C23H32FNO2. The molecule has 0 saturated heterocycles. The summed E-state index contributed by atoms with van der Waals surface area (Å²) in [5.74, 6) is -0.136. The van der Waals surface area contributed by atoms with Gasteiger partial charge in [-0.05, 0) is 54.5 Å². The quantitative estimate of drug-likeness (QED) is 0.597. The van der Waals surface area contributed by atoms with Crippen molar-refractivity contribution in [2.45, 2.75) is 78.4 Å². The Hall–Kier alpha value is -1.78. The summed E-state index contributed by atoms with van der Waals surface area (Å²) in [6.45, 7) is 7.93. The van der Waals surface area contributed by atoms with E-state index < -0.39 is 6.10 Å². The molecule has 0 radical (unpaired) electrons. The molecule has 0 bridgehead atoms. The number of unbranched alkanes of at least 4 members (excludes halogenated alkanes) is 2. The van der Waals surface area contributed by atoms with Crippen LogP contribution in [0.2, 0.25) is 0 Å². The molecule has 2 N–H and O–H groups in total. The van der Waals surface area contributed by atoms with Crippen molar-refractivity contribution in [3.05, 3.63) is 52.6 Å². The Balaban J connectivity index is 2.75. The zero-order chi connectivity index (χ0) is 20.0. The number of halogens is 1. The molecule has 1 heterocycles. The fraction of sp³-hybridized carbons (Fsp3) is 0.522. The van der Waals surface area contributed by atoms with Gasteiger partial charge in [-0.3, -0.25) is 4.98 Å². The summed E-state index contributed by atoms with van der Waals surface area (Å²) >= 11 is 0. The second-order valence-electron chi connectivity index (χ2n) is 7.61. The van der Waals surface area contributed by atoms with E-state index in [1.807, 2.05) is 0 Å². The molecule has 0 saturated carbocycles. The summed E-state index contributed by atoms with van der Waals surface area (Å²) < 4.78 is 13.5. The van der Waals surface area contributed by atoms with Gasteiger partial charge in [0.25, 0.3) is 0 Å². The number of aliphatic hydroxyl groups excluding tert-OH is 2. The molecular weight excluding hydrogens is 341 g/mol. The van der Waals surface area contributed by atoms with Gasteiger partial charge in [0.2, 0.25) is 0 Å². The van der Waals surface area contributed by atoms with Crippen molar-refractivity contribution >= 4 is 0 Å². The van der Waals surface area contributed by atoms with Crippen LogP contribution in [0.4, 0.5) is 4.39 Å². The smallest absolute Gasteiger partial charge is 0.123 e. The molecule has 3 nitrogen and oxygen atoms in total. The van der Waals surface area contributed by atoms with Crippen LogP contribution >= 0.6 is 0 Å². The van der Waals surface area contributed by atoms with Gasteiger partial charge in [0.05, 0.1) is 12.7 Å². The van der Waals surface area contributed by atoms with E-state index >= 15 is 0 Å². The average molecular weight is 374 g/mol. The van der Waals surface area contributed by atoms with Gasteiger partial charge in [0.1, 0.15) is 5.82 Å². The molecule has 2 rings (SSSR count). The SMILES string of the molecule is CCCCCc1c(CC(C)O)nc(C(C)C)c(CO)c1-c1ccc(F)cc1. The number of aliphatic hydroxyl groups is 2. The van der Waals surface area contributed by atoms with Gasteiger partial charge in [0.15, 0.2) is 0 Å². The van der Waals surface area contributed by atoms with E-state index in [1.165, 1.54) is 12.1 Å². The highest BCUT2D eigenvalue weighted by atomic mass is 19.1. The van der Waals surface area contributed by atoms with Gasteiger partial charge in [-0.2, -0.15) is 0 Å². The Kier molecular flexibility index (Phi) is 7.93. The first-order chi connectivity index (χ1) is 12.9. The largest absolute Gasteiger partial charge is 0.393 e. The number of nitrogens with zero attached hydrogens (tertiary/aromatic N) is 1. The van der Waals surface area contributed by atoms with Crippen molar-refractivity contribution in [2.24, 2.45) is 0 Å². The van der Waals surface area contributed by atoms with E-state index in [4.69, 9.17) is 4.98 Å². The fourth-order valence-electron chi connectivity index (χ4n) is 3.61. The van der Waals surface area contributed by atoms with Gasteiger partial charge in [-0.25, -0.2) is 4.39 Å². The van der Waals surface area contributed by atoms with E-state index in [0.29, 0.717) is 6.42 Å².